The normalized spacial score (nSPS) is 16.2. The lowest BCUT2D eigenvalue weighted by atomic mass is 9.97. The number of nitrogens with zero attached hydrogens (tertiary/aromatic N) is 5. The molecule has 0 bridgehead atoms. The molecular weight excluding hydrogens is 302 g/mol. The predicted octanol–water partition coefficient (Wildman–Crippen LogP) is 2.39. The summed E-state index contributed by atoms with van der Waals surface area (Å²) in [5.41, 5.74) is 0.880. The summed E-state index contributed by atoms with van der Waals surface area (Å²) < 4.78 is 6.99. The molecular formula is C15H20ClN5O. The molecule has 118 valence electrons. The van der Waals surface area contributed by atoms with Gasteiger partial charge in [0.25, 0.3) is 0 Å². The van der Waals surface area contributed by atoms with Crippen molar-refractivity contribution in [3.05, 3.63) is 35.2 Å². The van der Waals surface area contributed by atoms with E-state index in [9.17, 15) is 0 Å². The van der Waals surface area contributed by atoms with Crippen molar-refractivity contribution in [1.29, 1.82) is 0 Å². The molecule has 0 aromatic carbocycles. The van der Waals surface area contributed by atoms with Crippen LogP contribution in [0, 0.1) is 5.92 Å². The van der Waals surface area contributed by atoms with E-state index in [2.05, 4.69) is 20.2 Å². The smallest absolute Gasteiger partial charge is 0.128 e. The van der Waals surface area contributed by atoms with Crippen LogP contribution in [0.5, 0.6) is 0 Å². The first-order valence-electron chi connectivity index (χ1n) is 7.49. The second-order valence-corrected chi connectivity index (χ2v) is 6.07. The Morgan fingerprint density at radius 3 is 2.82 bits per heavy atom. The van der Waals surface area contributed by atoms with Crippen LogP contribution in [-0.2, 0) is 17.9 Å². The fourth-order valence-electron chi connectivity index (χ4n) is 2.81. The lowest BCUT2D eigenvalue weighted by molar-refractivity contribution is 0.181. The molecule has 0 N–H and O–H groups in total. The molecule has 0 amide bonds. The van der Waals surface area contributed by atoms with Crippen molar-refractivity contribution < 1.29 is 4.74 Å². The van der Waals surface area contributed by atoms with Crippen LogP contribution in [0.25, 0.3) is 0 Å². The van der Waals surface area contributed by atoms with Gasteiger partial charge in [-0.2, -0.15) is 0 Å². The van der Waals surface area contributed by atoms with Crippen LogP contribution in [0.2, 0.25) is 5.02 Å². The molecule has 22 heavy (non-hydrogen) atoms. The first-order valence-corrected chi connectivity index (χ1v) is 7.87. The van der Waals surface area contributed by atoms with Crippen molar-refractivity contribution in [2.45, 2.75) is 26.0 Å². The number of anilines is 1. The molecule has 0 atom stereocenters. The van der Waals surface area contributed by atoms with E-state index < -0.39 is 0 Å². The van der Waals surface area contributed by atoms with Crippen molar-refractivity contribution in [3.8, 4) is 0 Å². The third-order valence-corrected chi connectivity index (χ3v) is 4.20. The van der Waals surface area contributed by atoms with Gasteiger partial charge in [0.2, 0.25) is 0 Å². The van der Waals surface area contributed by atoms with Crippen LogP contribution in [-0.4, -0.2) is 40.2 Å². The Balaban J connectivity index is 1.51. The summed E-state index contributed by atoms with van der Waals surface area (Å²) in [7, 11) is 1.67. The lowest BCUT2D eigenvalue weighted by Gasteiger charge is -2.32. The zero-order valence-electron chi connectivity index (χ0n) is 12.7. The molecule has 1 fully saturated rings. The molecule has 0 spiro atoms. The maximum Gasteiger partial charge on any atom is 0.128 e. The van der Waals surface area contributed by atoms with Crippen molar-refractivity contribution in [1.82, 2.24) is 20.0 Å². The van der Waals surface area contributed by atoms with Gasteiger partial charge in [0.15, 0.2) is 0 Å². The van der Waals surface area contributed by atoms with E-state index in [0.717, 1.165) is 44.0 Å². The van der Waals surface area contributed by atoms with Gasteiger partial charge in [-0.1, -0.05) is 16.8 Å². The SMILES string of the molecule is COCc1cn(CC2CCN(c3ccc(Cl)cn3)CC2)nn1. The summed E-state index contributed by atoms with van der Waals surface area (Å²) >= 11 is 5.88. The van der Waals surface area contributed by atoms with Crippen molar-refractivity contribution in [2.75, 3.05) is 25.1 Å². The number of hydrogen-bond acceptors (Lipinski definition) is 5. The summed E-state index contributed by atoms with van der Waals surface area (Å²) in [6, 6.07) is 3.87. The largest absolute Gasteiger partial charge is 0.378 e. The van der Waals surface area contributed by atoms with Crippen LogP contribution in [0.3, 0.4) is 0 Å². The first kappa shape index (κ1) is 15.2. The molecule has 3 rings (SSSR count). The van der Waals surface area contributed by atoms with E-state index in [0.29, 0.717) is 17.5 Å². The molecule has 1 aliphatic heterocycles. The maximum atomic E-state index is 5.88. The van der Waals surface area contributed by atoms with E-state index in [4.69, 9.17) is 16.3 Å². The third-order valence-electron chi connectivity index (χ3n) is 3.97. The Labute approximate surface area is 135 Å². The second kappa shape index (κ2) is 7.07. The van der Waals surface area contributed by atoms with Gasteiger partial charge in [0, 0.05) is 32.9 Å². The summed E-state index contributed by atoms with van der Waals surface area (Å²) in [5, 5.41) is 8.94. The quantitative estimate of drug-likeness (QED) is 0.846. The van der Waals surface area contributed by atoms with Crippen LogP contribution >= 0.6 is 11.6 Å². The third kappa shape index (κ3) is 3.75. The van der Waals surface area contributed by atoms with Crippen molar-refractivity contribution >= 4 is 17.4 Å². The highest BCUT2D eigenvalue weighted by atomic mass is 35.5. The molecule has 6 nitrogen and oxygen atoms in total. The second-order valence-electron chi connectivity index (χ2n) is 5.63. The Kier molecular flexibility index (Phi) is 4.90. The fraction of sp³-hybridized carbons (Fsp3) is 0.533. The number of pyridine rings is 1. The minimum atomic E-state index is 0.515. The summed E-state index contributed by atoms with van der Waals surface area (Å²) in [5.74, 6) is 1.63. The maximum absolute atomic E-state index is 5.88. The molecule has 3 heterocycles. The zero-order valence-corrected chi connectivity index (χ0v) is 13.4. The molecule has 0 aliphatic carbocycles. The number of hydrogen-bond donors (Lipinski definition) is 0. The fourth-order valence-corrected chi connectivity index (χ4v) is 2.92. The average molecular weight is 322 g/mol. The molecule has 0 radical (unpaired) electrons. The molecule has 2 aromatic heterocycles. The van der Waals surface area contributed by atoms with Gasteiger partial charge in [-0.25, -0.2) is 4.98 Å². The van der Waals surface area contributed by atoms with Gasteiger partial charge in [-0.3, -0.25) is 4.68 Å². The number of aromatic nitrogens is 4. The number of ether oxygens (including phenoxy) is 1. The van der Waals surface area contributed by atoms with E-state index >= 15 is 0 Å². The van der Waals surface area contributed by atoms with Crippen molar-refractivity contribution in [3.63, 3.8) is 0 Å². The Hall–Kier alpha value is -1.66. The van der Waals surface area contributed by atoms with Crippen LogP contribution < -0.4 is 4.90 Å². The monoisotopic (exact) mass is 321 g/mol. The minimum Gasteiger partial charge on any atom is -0.378 e. The number of halogens is 1. The Morgan fingerprint density at radius 1 is 1.32 bits per heavy atom. The number of methoxy groups -OCH3 is 1. The van der Waals surface area contributed by atoms with Gasteiger partial charge in [-0.05, 0) is 30.9 Å². The van der Waals surface area contributed by atoms with E-state index in [1.807, 2.05) is 23.0 Å². The van der Waals surface area contributed by atoms with E-state index in [1.54, 1.807) is 13.3 Å². The van der Waals surface area contributed by atoms with Crippen LogP contribution in [0.15, 0.2) is 24.5 Å². The van der Waals surface area contributed by atoms with E-state index in [1.165, 1.54) is 0 Å². The molecule has 1 aliphatic rings. The summed E-state index contributed by atoms with van der Waals surface area (Å²) in [4.78, 5) is 6.70. The van der Waals surface area contributed by atoms with Gasteiger partial charge in [-0.15, -0.1) is 5.10 Å². The van der Waals surface area contributed by atoms with Crippen LogP contribution in [0.1, 0.15) is 18.5 Å². The van der Waals surface area contributed by atoms with Gasteiger partial charge in [0.05, 0.1) is 17.8 Å². The predicted molar refractivity (Wildman–Crippen MR) is 84.9 cm³/mol. The highest BCUT2D eigenvalue weighted by molar-refractivity contribution is 6.30. The zero-order chi connectivity index (χ0) is 15.4. The Morgan fingerprint density at radius 2 is 2.14 bits per heavy atom. The molecule has 1 saturated heterocycles. The van der Waals surface area contributed by atoms with Gasteiger partial charge in [0.1, 0.15) is 11.5 Å². The van der Waals surface area contributed by atoms with Gasteiger partial charge >= 0.3 is 0 Å². The number of piperidine rings is 1. The number of rotatable bonds is 5. The van der Waals surface area contributed by atoms with Crippen molar-refractivity contribution in [2.24, 2.45) is 5.92 Å². The van der Waals surface area contributed by atoms with Crippen LogP contribution in [0.4, 0.5) is 5.82 Å². The minimum absolute atomic E-state index is 0.515. The van der Waals surface area contributed by atoms with E-state index in [-0.39, 0.29) is 0 Å². The summed E-state index contributed by atoms with van der Waals surface area (Å²) in [6.07, 6.45) is 5.93. The summed E-state index contributed by atoms with van der Waals surface area (Å²) in [6.45, 7) is 3.46. The molecule has 0 unspecified atom stereocenters. The Bertz CT molecular complexity index is 592. The molecule has 0 saturated carbocycles. The first-order chi connectivity index (χ1) is 10.7. The molecule has 2 aromatic rings. The topological polar surface area (TPSA) is 56.1 Å². The molecule has 7 heteroatoms. The standard InChI is InChI=1S/C15H20ClN5O/c1-22-11-14-10-21(19-18-14)9-12-4-6-20(7-5-12)15-3-2-13(16)8-17-15/h2-3,8,10,12H,4-7,9,11H2,1H3. The average Bonchev–Trinajstić information content (AvgIpc) is 2.97. The lowest BCUT2D eigenvalue weighted by Crippen LogP contribution is -2.35. The van der Waals surface area contributed by atoms with Gasteiger partial charge < -0.3 is 9.64 Å². The highest BCUT2D eigenvalue weighted by Crippen LogP contribution is 2.23. The highest BCUT2D eigenvalue weighted by Gasteiger charge is 2.21.